The van der Waals surface area contributed by atoms with Gasteiger partial charge in [-0.15, -0.1) is 0 Å². The fraction of sp³-hybridized carbons (Fsp3) is 0.250. The van der Waals surface area contributed by atoms with E-state index in [9.17, 15) is 13.5 Å². The molecule has 0 amide bonds. The lowest BCUT2D eigenvalue weighted by Crippen LogP contribution is -2.38. The van der Waals surface area contributed by atoms with Gasteiger partial charge in [-0.05, 0) is 52.7 Å². The first kappa shape index (κ1) is 17.2. The van der Waals surface area contributed by atoms with E-state index in [1.54, 1.807) is 36.4 Å². The highest BCUT2D eigenvalue weighted by molar-refractivity contribution is 9.10. The van der Waals surface area contributed by atoms with Crippen molar-refractivity contribution in [1.29, 1.82) is 0 Å². The number of fused-ring (bicyclic) bond motifs is 1. The topological polar surface area (TPSA) is 84.9 Å². The molecule has 0 saturated carbocycles. The molecule has 0 bridgehead atoms. The van der Waals surface area contributed by atoms with Crippen LogP contribution in [-0.4, -0.2) is 26.9 Å². The molecule has 6 nitrogen and oxygen atoms in total. The maximum Gasteiger partial charge on any atom is 0.241 e. The molecule has 0 aliphatic carbocycles. The minimum atomic E-state index is -3.76. The molecule has 2 aromatic rings. The van der Waals surface area contributed by atoms with Crippen molar-refractivity contribution >= 4 is 26.0 Å². The van der Waals surface area contributed by atoms with Gasteiger partial charge in [-0.3, -0.25) is 0 Å². The van der Waals surface area contributed by atoms with Gasteiger partial charge in [-0.1, -0.05) is 18.2 Å². The van der Waals surface area contributed by atoms with Gasteiger partial charge in [-0.25, -0.2) is 13.1 Å². The fourth-order valence-electron chi connectivity index (χ4n) is 2.31. The predicted molar refractivity (Wildman–Crippen MR) is 91.5 cm³/mol. The smallest absolute Gasteiger partial charge is 0.241 e. The Bertz CT molecular complexity index is 867. The van der Waals surface area contributed by atoms with Crippen molar-refractivity contribution in [3.05, 3.63) is 52.5 Å². The minimum absolute atomic E-state index is 0.117. The Morgan fingerprint density at radius 3 is 2.67 bits per heavy atom. The van der Waals surface area contributed by atoms with Crippen LogP contribution in [0.3, 0.4) is 0 Å². The SMILES string of the molecule is C[C@@](O)(CNS(=O)(=O)c1ccccc1Br)c1ccc2c(c1)OCO2. The lowest BCUT2D eigenvalue weighted by Gasteiger charge is -2.24. The van der Waals surface area contributed by atoms with Crippen molar-refractivity contribution in [2.75, 3.05) is 13.3 Å². The summed E-state index contributed by atoms with van der Waals surface area (Å²) in [6.07, 6.45) is 0. The van der Waals surface area contributed by atoms with Crippen LogP contribution in [0.25, 0.3) is 0 Å². The number of ether oxygens (including phenoxy) is 2. The number of aliphatic hydroxyl groups is 1. The van der Waals surface area contributed by atoms with Crippen LogP contribution in [0.1, 0.15) is 12.5 Å². The Balaban J connectivity index is 1.79. The zero-order chi connectivity index (χ0) is 17.4. The van der Waals surface area contributed by atoms with E-state index in [-0.39, 0.29) is 18.2 Å². The summed E-state index contributed by atoms with van der Waals surface area (Å²) in [5.74, 6) is 1.13. The average molecular weight is 414 g/mol. The molecule has 1 heterocycles. The zero-order valence-corrected chi connectivity index (χ0v) is 15.2. The third-order valence-electron chi connectivity index (χ3n) is 3.73. The number of hydrogen-bond acceptors (Lipinski definition) is 5. The van der Waals surface area contributed by atoms with Gasteiger partial charge in [0, 0.05) is 11.0 Å². The van der Waals surface area contributed by atoms with Gasteiger partial charge < -0.3 is 14.6 Å². The monoisotopic (exact) mass is 413 g/mol. The normalized spacial score (nSPS) is 16.0. The molecule has 1 atom stereocenters. The van der Waals surface area contributed by atoms with Crippen LogP contribution in [0.15, 0.2) is 51.8 Å². The van der Waals surface area contributed by atoms with Gasteiger partial charge >= 0.3 is 0 Å². The summed E-state index contributed by atoms with van der Waals surface area (Å²) in [7, 11) is -3.76. The summed E-state index contributed by atoms with van der Waals surface area (Å²) >= 11 is 3.22. The van der Waals surface area contributed by atoms with E-state index in [2.05, 4.69) is 20.7 Å². The van der Waals surface area contributed by atoms with E-state index >= 15 is 0 Å². The minimum Gasteiger partial charge on any atom is -0.454 e. The molecule has 0 spiro atoms. The van der Waals surface area contributed by atoms with E-state index < -0.39 is 15.6 Å². The van der Waals surface area contributed by atoms with Gasteiger partial charge in [0.15, 0.2) is 11.5 Å². The second-order valence-electron chi connectivity index (χ2n) is 5.60. The number of nitrogens with one attached hydrogen (secondary N) is 1. The Morgan fingerprint density at radius 1 is 1.21 bits per heavy atom. The molecule has 0 fully saturated rings. The van der Waals surface area contributed by atoms with Gasteiger partial charge in [0.05, 0.1) is 4.90 Å². The van der Waals surface area contributed by atoms with Gasteiger partial charge in [0.1, 0.15) is 5.60 Å². The number of sulfonamides is 1. The first-order chi connectivity index (χ1) is 11.3. The van der Waals surface area contributed by atoms with Crippen molar-refractivity contribution in [3.63, 3.8) is 0 Å². The molecule has 2 aromatic carbocycles. The molecule has 0 unspecified atom stereocenters. The van der Waals surface area contributed by atoms with Crippen LogP contribution in [0.4, 0.5) is 0 Å². The molecule has 0 aromatic heterocycles. The summed E-state index contributed by atoms with van der Waals surface area (Å²) in [6.45, 7) is 1.49. The van der Waals surface area contributed by atoms with E-state index in [0.717, 1.165) is 0 Å². The highest BCUT2D eigenvalue weighted by Crippen LogP contribution is 2.35. The summed E-state index contributed by atoms with van der Waals surface area (Å²) in [5, 5.41) is 10.7. The van der Waals surface area contributed by atoms with E-state index in [0.29, 0.717) is 21.5 Å². The first-order valence-electron chi connectivity index (χ1n) is 7.16. The number of hydrogen-bond donors (Lipinski definition) is 2. The summed E-state index contributed by atoms with van der Waals surface area (Å²) in [4.78, 5) is 0.117. The zero-order valence-electron chi connectivity index (χ0n) is 12.8. The van der Waals surface area contributed by atoms with Crippen LogP contribution >= 0.6 is 15.9 Å². The predicted octanol–water partition coefficient (Wildman–Crippen LogP) is 2.36. The summed E-state index contributed by atoms with van der Waals surface area (Å²) in [5.41, 5.74) is -0.878. The molecule has 0 saturated heterocycles. The van der Waals surface area contributed by atoms with Crippen LogP contribution in [0.5, 0.6) is 11.5 Å². The molecule has 8 heteroatoms. The number of benzene rings is 2. The maximum atomic E-state index is 12.4. The average Bonchev–Trinajstić information content (AvgIpc) is 3.01. The molecule has 1 aliphatic rings. The lowest BCUT2D eigenvalue weighted by molar-refractivity contribution is 0.0625. The second kappa shape index (κ2) is 6.36. The highest BCUT2D eigenvalue weighted by atomic mass is 79.9. The first-order valence-corrected chi connectivity index (χ1v) is 9.44. The van der Waals surface area contributed by atoms with Crippen molar-refractivity contribution in [2.24, 2.45) is 0 Å². The molecule has 0 radical (unpaired) electrons. The van der Waals surface area contributed by atoms with E-state index in [4.69, 9.17) is 9.47 Å². The number of rotatable bonds is 5. The van der Waals surface area contributed by atoms with Crippen molar-refractivity contribution in [2.45, 2.75) is 17.4 Å². The molecule has 128 valence electrons. The van der Waals surface area contributed by atoms with Crippen molar-refractivity contribution in [1.82, 2.24) is 4.72 Å². The van der Waals surface area contributed by atoms with Gasteiger partial charge in [0.2, 0.25) is 16.8 Å². The quantitative estimate of drug-likeness (QED) is 0.785. The van der Waals surface area contributed by atoms with Crippen molar-refractivity contribution in [3.8, 4) is 11.5 Å². The number of halogens is 1. The molecular formula is C16H16BrNO5S. The Kier molecular flexibility index (Phi) is 4.56. The van der Waals surface area contributed by atoms with Gasteiger partial charge in [0.25, 0.3) is 0 Å². The van der Waals surface area contributed by atoms with Crippen LogP contribution in [-0.2, 0) is 15.6 Å². The van der Waals surface area contributed by atoms with Crippen LogP contribution < -0.4 is 14.2 Å². The second-order valence-corrected chi connectivity index (χ2v) is 8.19. The van der Waals surface area contributed by atoms with E-state index in [1.165, 1.54) is 13.0 Å². The van der Waals surface area contributed by atoms with Crippen LogP contribution in [0.2, 0.25) is 0 Å². The Labute approximate surface area is 148 Å². The standard InChI is InChI=1S/C16H16BrNO5S/c1-16(19,11-6-7-13-14(8-11)23-10-22-13)9-18-24(20,21)15-5-3-2-4-12(15)17/h2-8,18-19H,9-10H2,1H3/t16-/m1/s1. The third kappa shape index (κ3) is 3.41. The largest absolute Gasteiger partial charge is 0.454 e. The molecule has 1 aliphatic heterocycles. The molecule has 2 N–H and O–H groups in total. The lowest BCUT2D eigenvalue weighted by atomic mass is 9.96. The Hall–Kier alpha value is -1.61. The Morgan fingerprint density at radius 2 is 1.92 bits per heavy atom. The van der Waals surface area contributed by atoms with Crippen molar-refractivity contribution < 1.29 is 23.0 Å². The molecule has 3 rings (SSSR count). The van der Waals surface area contributed by atoms with E-state index in [1.807, 2.05) is 0 Å². The molecule has 24 heavy (non-hydrogen) atoms. The summed E-state index contributed by atoms with van der Waals surface area (Å²) < 4.78 is 38.3. The summed E-state index contributed by atoms with van der Waals surface area (Å²) in [6, 6.07) is 11.5. The fourth-order valence-corrected chi connectivity index (χ4v) is 4.44. The van der Waals surface area contributed by atoms with Crippen LogP contribution in [0, 0.1) is 0 Å². The van der Waals surface area contributed by atoms with Gasteiger partial charge in [-0.2, -0.15) is 0 Å². The molecular weight excluding hydrogens is 398 g/mol. The highest BCUT2D eigenvalue weighted by Gasteiger charge is 2.28. The third-order valence-corrected chi connectivity index (χ3v) is 6.14. The maximum absolute atomic E-state index is 12.4.